The Morgan fingerprint density at radius 2 is 1.71 bits per heavy atom. The Morgan fingerprint density at radius 3 is 2.25 bits per heavy atom. The minimum absolute atomic E-state index is 0.00775. The highest BCUT2D eigenvalue weighted by Gasteiger charge is 2.24. The number of anilines is 1. The standard InChI is InChI=1S/C18H23N5O4S/c1-13(2)17(18(24)21-22-27-20)12-14-8-10-15(11-9-14)23(19)28(25,26)16-6-4-3-5-7-16/h3-11,13,17H,12,19-20H2,1-2H3. The zero-order chi connectivity index (χ0) is 20.7. The van der Waals surface area contributed by atoms with E-state index in [2.05, 4.69) is 15.3 Å². The molecule has 1 atom stereocenters. The molecule has 0 bridgehead atoms. The molecule has 150 valence electrons. The molecule has 0 heterocycles. The number of carbonyl (C=O) groups is 1. The van der Waals surface area contributed by atoms with Crippen molar-refractivity contribution < 1.29 is 18.2 Å². The first kappa shape index (κ1) is 21.5. The third-order valence-corrected chi connectivity index (χ3v) is 5.85. The van der Waals surface area contributed by atoms with E-state index >= 15 is 0 Å². The van der Waals surface area contributed by atoms with E-state index in [-0.39, 0.29) is 10.8 Å². The molecular formula is C18H23N5O4S. The Bertz CT molecular complexity index is 915. The number of nitrogens with zero attached hydrogens (tertiary/aromatic N) is 3. The highest BCUT2D eigenvalue weighted by atomic mass is 32.2. The largest absolute Gasteiger partial charge is 0.282 e. The summed E-state index contributed by atoms with van der Waals surface area (Å²) in [5.41, 5.74) is 1.13. The summed E-state index contributed by atoms with van der Waals surface area (Å²) in [6, 6.07) is 14.5. The number of hydrogen-bond acceptors (Lipinski definition) is 7. The van der Waals surface area contributed by atoms with Crippen LogP contribution in [0.1, 0.15) is 19.4 Å². The van der Waals surface area contributed by atoms with Gasteiger partial charge in [0, 0.05) is 5.92 Å². The fourth-order valence-corrected chi connectivity index (χ4v) is 3.75. The van der Waals surface area contributed by atoms with Gasteiger partial charge in [0.25, 0.3) is 15.9 Å². The summed E-state index contributed by atoms with van der Waals surface area (Å²) in [6.45, 7) is 3.79. The Kier molecular flexibility index (Phi) is 7.21. The minimum atomic E-state index is -3.86. The van der Waals surface area contributed by atoms with Crippen LogP contribution in [0.15, 0.2) is 69.9 Å². The van der Waals surface area contributed by atoms with Gasteiger partial charge in [-0.25, -0.2) is 10.3 Å². The number of benzene rings is 2. The van der Waals surface area contributed by atoms with Gasteiger partial charge in [0.15, 0.2) is 0 Å². The van der Waals surface area contributed by atoms with Crippen molar-refractivity contribution in [3.05, 3.63) is 60.2 Å². The van der Waals surface area contributed by atoms with Crippen LogP contribution in [0.4, 0.5) is 5.69 Å². The van der Waals surface area contributed by atoms with Gasteiger partial charge in [-0.2, -0.15) is 8.42 Å². The number of rotatable bonds is 8. The molecule has 10 heteroatoms. The zero-order valence-corrected chi connectivity index (χ0v) is 16.4. The summed E-state index contributed by atoms with van der Waals surface area (Å²) in [4.78, 5) is 16.2. The van der Waals surface area contributed by atoms with Gasteiger partial charge in [0.2, 0.25) is 0 Å². The lowest BCUT2D eigenvalue weighted by Gasteiger charge is -2.20. The Hall–Kier alpha value is -2.82. The molecule has 0 saturated heterocycles. The van der Waals surface area contributed by atoms with Gasteiger partial charge < -0.3 is 0 Å². The molecule has 2 rings (SSSR count). The minimum Gasteiger partial charge on any atom is -0.282 e. The van der Waals surface area contributed by atoms with Gasteiger partial charge in [0.1, 0.15) is 0 Å². The van der Waals surface area contributed by atoms with Gasteiger partial charge in [-0.05, 0) is 42.2 Å². The maximum Gasteiger partial charge on any atom is 0.277 e. The number of carbonyl (C=O) groups excluding carboxylic acids is 1. The maximum absolute atomic E-state index is 12.6. The highest BCUT2D eigenvalue weighted by Crippen LogP contribution is 2.24. The van der Waals surface area contributed by atoms with E-state index in [1.165, 1.54) is 12.1 Å². The predicted molar refractivity (Wildman–Crippen MR) is 104 cm³/mol. The highest BCUT2D eigenvalue weighted by molar-refractivity contribution is 7.92. The number of nitrogens with two attached hydrogens (primary N) is 2. The third-order valence-electron chi connectivity index (χ3n) is 4.25. The molecule has 0 aliphatic rings. The van der Waals surface area contributed by atoms with E-state index in [1.54, 1.807) is 42.5 Å². The first-order valence-corrected chi connectivity index (χ1v) is 9.96. The van der Waals surface area contributed by atoms with Gasteiger partial charge >= 0.3 is 0 Å². The van der Waals surface area contributed by atoms with Crippen LogP contribution in [0.25, 0.3) is 0 Å². The molecule has 2 aromatic rings. The van der Waals surface area contributed by atoms with E-state index in [0.29, 0.717) is 12.1 Å². The predicted octanol–water partition coefficient (Wildman–Crippen LogP) is 2.35. The molecule has 0 aliphatic carbocycles. The third kappa shape index (κ3) is 5.12. The lowest BCUT2D eigenvalue weighted by molar-refractivity contribution is -0.124. The van der Waals surface area contributed by atoms with E-state index in [0.717, 1.165) is 9.98 Å². The number of sulfonamides is 1. The summed E-state index contributed by atoms with van der Waals surface area (Å²) in [5.74, 6) is 9.73. The average Bonchev–Trinajstić information content (AvgIpc) is 2.70. The zero-order valence-electron chi connectivity index (χ0n) is 15.6. The quantitative estimate of drug-likeness (QED) is 0.392. The molecule has 0 aliphatic heterocycles. The molecule has 1 unspecified atom stereocenters. The molecule has 0 spiro atoms. The molecule has 0 radical (unpaired) electrons. The molecular weight excluding hydrogens is 382 g/mol. The molecule has 0 saturated carbocycles. The lowest BCUT2D eigenvalue weighted by atomic mass is 9.88. The van der Waals surface area contributed by atoms with Crippen molar-refractivity contribution in [3.8, 4) is 0 Å². The van der Waals surface area contributed by atoms with Crippen molar-refractivity contribution in [2.75, 3.05) is 4.41 Å². The summed E-state index contributed by atoms with van der Waals surface area (Å²) in [7, 11) is -3.86. The second kappa shape index (κ2) is 9.40. The Labute approximate surface area is 163 Å². The van der Waals surface area contributed by atoms with Crippen molar-refractivity contribution in [2.45, 2.75) is 25.2 Å². The van der Waals surface area contributed by atoms with Crippen LogP contribution < -0.4 is 16.2 Å². The van der Waals surface area contributed by atoms with Crippen LogP contribution in [0.3, 0.4) is 0 Å². The van der Waals surface area contributed by atoms with E-state index in [9.17, 15) is 13.2 Å². The maximum atomic E-state index is 12.6. The average molecular weight is 405 g/mol. The van der Waals surface area contributed by atoms with E-state index in [1.807, 2.05) is 13.8 Å². The summed E-state index contributed by atoms with van der Waals surface area (Å²) >= 11 is 0. The Balaban J connectivity index is 2.18. The number of amides is 1. The molecule has 1 amide bonds. The topological polar surface area (TPSA) is 140 Å². The van der Waals surface area contributed by atoms with Gasteiger partial charge in [-0.3, -0.25) is 9.73 Å². The van der Waals surface area contributed by atoms with Crippen molar-refractivity contribution in [1.29, 1.82) is 0 Å². The van der Waals surface area contributed by atoms with Gasteiger partial charge in [0.05, 0.1) is 15.9 Å². The van der Waals surface area contributed by atoms with Crippen LogP contribution in [0.2, 0.25) is 0 Å². The molecule has 9 nitrogen and oxygen atoms in total. The first-order chi connectivity index (χ1) is 13.3. The molecule has 28 heavy (non-hydrogen) atoms. The smallest absolute Gasteiger partial charge is 0.277 e. The molecule has 4 N–H and O–H groups in total. The monoisotopic (exact) mass is 405 g/mol. The van der Waals surface area contributed by atoms with Crippen LogP contribution in [-0.4, -0.2) is 14.3 Å². The van der Waals surface area contributed by atoms with Crippen molar-refractivity contribution in [3.63, 3.8) is 0 Å². The number of hydrogen-bond donors (Lipinski definition) is 2. The van der Waals surface area contributed by atoms with Crippen LogP contribution in [0.5, 0.6) is 0 Å². The second-order valence-electron chi connectivity index (χ2n) is 6.46. The van der Waals surface area contributed by atoms with Gasteiger partial charge in [-0.1, -0.05) is 49.3 Å². The fraction of sp³-hybridized carbons (Fsp3) is 0.278. The fourth-order valence-electron chi connectivity index (χ4n) is 2.62. The summed E-state index contributed by atoms with van der Waals surface area (Å²) < 4.78 is 25.9. The van der Waals surface area contributed by atoms with E-state index in [4.69, 9.17) is 11.7 Å². The molecule has 0 aromatic heterocycles. The second-order valence-corrected chi connectivity index (χ2v) is 8.28. The van der Waals surface area contributed by atoms with E-state index < -0.39 is 21.8 Å². The van der Waals surface area contributed by atoms with Crippen LogP contribution in [-0.2, 0) is 26.2 Å². The summed E-state index contributed by atoms with van der Waals surface area (Å²) in [5, 5.41) is 6.48. The molecule has 2 aromatic carbocycles. The lowest BCUT2D eigenvalue weighted by Crippen LogP contribution is -2.37. The summed E-state index contributed by atoms with van der Waals surface area (Å²) in [6.07, 6.45) is 0.399. The normalized spacial score (nSPS) is 12.9. The first-order valence-electron chi connectivity index (χ1n) is 8.52. The SMILES string of the molecule is CC(C)C(Cc1ccc(N(N)S(=O)(=O)c2ccccc2)cc1)C(=O)N=NON. The Morgan fingerprint density at radius 1 is 1.11 bits per heavy atom. The van der Waals surface area contributed by atoms with Gasteiger partial charge in [-0.15, -0.1) is 5.90 Å². The molecule has 0 fully saturated rings. The van der Waals surface area contributed by atoms with Crippen LogP contribution >= 0.6 is 0 Å². The van der Waals surface area contributed by atoms with Crippen molar-refractivity contribution in [1.82, 2.24) is 0 Å². The van der Waals surface area contributed by atoms with Crippen molar-refractivity contribution in [2.24, 2.45) is 34.0 Å². The number of hydrazine groups is 1. The van der Waals surface area contributed by atoms with Crippen molar-refractivity contribution >= 4 is 21.6 Å². The van der Waals surface area contributed by atoms with Crippen LogP contribution in [0, 0.1) is 11.8 Å².